The SMILES string of the molecule is CC12CCC3c4ccc(O[Si](C)(C)C)cc4CCC3C1C(O[Si](C)(C)C)CC2O[Si](C)(C)C. The standard InChI is InChI=1S/C27H48O3Si3/c1-27-16-15-22-21-14-12-20(28-31(2,3)4)17-19(21)11-13-23(22)26(27)24(29-32(5,6)7)18-25(27)30-33(8,9)10/h12,14,17,22-26H,11,13,15-16,18H2,1-10H3. The van der Waals surface area contributed by atoms with Crippen LogP contribution in [0.4, 0.5) is 0 Å². The molecular weight excluding hydrogens is 457 g/mol. The molecule has 0 radical (unpaired) electrons. The molecule has 3 aliphatic carbocycles. The van der Waals surface area contributed by atoms with Crippen molar-refractivity contribution in [3.05, 3.63) is 29.3 Å². The Morgan fingerprint density at radius 2 is 1.52 bits per heavy atom. The van der Waals surface area contributed by atoms with Crippen molar-refractivity contribution in [2.75, 3.05) is 0 Å². The minimum atomic E-state index is -1.64. The number of hydrogen-bond acceptors (Lipinski definition) is 3. The third-order valence-electron chi connectivity index (χ3n) is 8.00. The molecule has 1 aromatic carbocycles. The zero-order valence-electron chi connectivity index (χ0n) is 22.9. The summed E-state index contributed by atoms with van der Waals surface area (Å²) < 4.78 is 20.2. The van der Waals surface area contributed by atoms with E-state index >= 15 is 0 Å². The highest BCUT2D eigenvalue weighted by Gasteiger charge is 2.60. The average molecular weight is 505 g/mol. The van der Waals surface area contributed by atoms with E-state index in [4.69, 9.17) is 13.3 Å². The lowest BCUT2D eigenvalue weighted by Crippen LogP contribution is -2.49. The summed E-state index contributed by atoms with van der Waals surface area (Å²) >= 11 is 0. The molecule has 6 unspecified atom stereocenters. The number of benzene rings is 1. The van der Waals surface area contributed by atoms with Crippen molar-refractivity contribution in [3.8, 4) is 5.75 Å². The Labute approximate surface area is 206 Å². The van der Waals surface area contributed by atoms with Gasteiger partial charge in [0.05, 0.1) is 12.2 Å². The molecule has 0 amide bonds. The zero-order valence-corrected chi connectivity index (χ0v) is 25.9. The Morgan fingerprint density at radius 3 is 2.12 bits per heavy atom. The van der Waals surface area contributed by atoms with Crippen molar-refractivity contribution in [1.82, 2.24) is 0 Å². The van der Waals surface area contributed by atoms with Crippen LogP contribution >= 0.6 is 0 Å². The van der Waals surface area contributed by atoms with Gasteiger partial charge in [-0.1, -0.05) is 13.0 Å². The molecule has 2 saturated carbocycles. The quantitative estimate of drug-likeness (QED) is 0.370. The van der Waals surface area contributed by atoms with Crippen LogP contribution in [-0.2, 0) is 15.3 Å². The fourth-order valence-corrected chi connectivity index (χ4v) is 10.3. The molecule has 3 aliphatic rings. The van der Waals surface area contributed by atoms with E-state index in [1.54, 1.807) is 5.56 Å². The monoisotopic (exact) mass is 504 g/mol. The van der Waals surface area contributed by atoms with Crippen LogP contribution in [0.15, 0.2) is 18.2 Å². The number of hydrogen-bond donors (Lipinski definition) is 0. The minimum Gasteiger partial charge on any atom is -0.544 e. The number of fused-ring (bicyclic) bond motifs is 5. The summed E-state index contributed by atoms with van der Waals surface area (Å²) in [6.45, 7) is 23.5. The van der Waals surface area contributed by atoms with Crippen LogP contribution in [0.5, 0.6) is 5.75 Å². The summed E-state index contributed by atoms with van der Waals surface area (Å²) in [6, 6.07) is 7.01. The van der Waals surface area contributed by atoms with E-state index in [0.29, 0.717) is 30.0 Å². The van der Waals surface area contributed by atoms with E-state index in [-0.39, 0.29) is 5.41 Å². The smallest absolute Gasteiger partial charge is 0.242 e. The lowest BCUT2D eigenvalue weighted by molar-refractivity contribution is -0.0355. The summed E-state index contributed by atoms with van der Waals surface area (Å²) in [6.07, 6.45) is 6.78. The summed E-state index contributed by atoms with van der Waals surface area (Å²) in [5.74, 6) is 3.05. The Hall–Kier alpha value is -0.409. The molecular formula is C27H48O3Si3. The molecule has 0 N–H and O–H groups in total. The van der Waals surface area contributed by atoms with E-state index in [2.05, 4.69) is 84.0 Å². The lowest BCUT2D eigenvalue weighted by atomic mass is 9.55. The van der Waals surface area contributed by atoms with Gasteiger partial charge in [0.25, 0.3) is 0 Å². The van der Waals surface area contributed by atoms with Gasteiger partial charge in [-0.25, -0.2) is 0 Å². The highest BCUT2D eigenvalue weighted by Crippen LogP contribution is 2.62. The van der Waals surface area contributed by atoms with Crippen molar-refractivity contribution < 1.29 is 13.3 Å². The number of rotatable bonds is 6. The van der Waals surface area contributed by atoms with Crippen molar-refractivity contribution >= 4 is 25.0 Å². The van der Waals surface area contributed by atoms with E-state index in [0.717, 1.165) is 12.2 Å². The predicted octanol–water partition coefficient (Wildman–Crippen LogP) is 7.81. The van der Waals surface area contributed by atoms with Crippen LogP contribution in [-0.4, -0.2) is 37.2 Å². The zero-order chi connectivity index (χ0) is 24.4. The molecule has 186 valence electrons. The van der Waals surface area contributed by atoms with Gasteiger partial charge in [-0.05, 0) is 137 Å². The lowest BCUT2D eigenvalue weighted by Gasteiger charge is -2.52. The van der Waals surface area contributed by atoms with Crippen LogP contribution in [0.1, 0.15) is 49.7 Å². The fraction of sp³-hybridized carbons (Fsp3) is 0.778. The van der Waals surface area contributed by atoms with Gasteiger partial charge in [-0.2, -0.15) is 0 Å². The molecule has 3 nitrogen and oxygen atoms in total. The van der Waals surface area contributed by atoms with Crippen molar-refractivity contribution in [2.45, 2.75) is 116 Å². The maximum Gasteiger partial charge on any atom is 0.242 e. The van der Waals surface area contributed by atoms with Crippen molar-refractivity contribution in [3.63, 3.8) is 0 Å². The molecule has 0 aliphatic heterocycles. The van der Waals surface area contributed by atoms with E-state index in [9.17, 15) is 0 Å². The first-order chi connectivity index (χ1) is 15.1. The summed E-state index contributed by atoms with van der Waals surface area (Å²) in [4.78, 5) is 0. The van der Waals surface area contributed by atoms with Gasteiger partial charge < -0.3 is 13.3 Å². The maximum atomic E-state index is 6.95. The van der Waals surface area contributed by atoms with Crippen molar-refractivity contribution in [2.24, 2.45) is 17.3 Å². The topological polar surface area (TPSA) is 27.7 Å². The van der Waals surface area contributed by atoms with Gasteiger partial charge in [0.2, 0.25) is 8.32 Å². The van der Waals surface area contributed by atoms with Crippen LogP contribution in [0.2, 0.25) is 58.9 Å². The van der Waals surface area contributed by atoms with Crippen LogP contribution < -0.4 is 4.43 Å². The molecule has 4 rings (SSSR count). The predicted molar refractivity (Wildman–Crippen MR) is 147 cm³/mol. The third-order valence-corrected chi connectivity index (χ3v) is 10.9. The second-order valence-electron chi connectivity index (χ2n) is 14.2. The molecule has 0 saturated heterocycles. The first-order valence-corrected chi connectivity index (χ1v) is 23.5. The Kier molecular flexibility index (Phi) is 6.70. The van der Waals surface area contributed by atoms with E-state index in [1.165, 1.54) is 31.2 Å². The second kappa shape index (κ2) is 8.61. The molecule has 6 heteroatoms. The molecule has 0 heterocycles. The first kappa shape index (κ1) is 25.7. The summed E-state index contributed by atoms with van der Waals surface area (Å²) in [5, 5.41) is 0. The van der Waals surface area contributed by atoms with Gasteiger partial charge in [0.1, 0.15) is 5.75 Å². The third kappa shape index (κ3) is 5.55. The molecule has 2 fully saturated rings. The molecule has 33 heavy (non-hydrogen) atoms. The fourth-order valence-electron chi connectivity index (χ4n) is 7.14. The highest BCUT2D eigenvalue weighted by atomic mass is 28.4. The normalized spacial score (nSPS) is 34.4. The Bertz CT molecular complexity index is 867. The summed E-state index contributed by atoms with van der Waals surface area (Å²) in [7, 11) is -4.84. The molecule has 1 aromatic rings. The molecule has 0 aromatic heterocycles. The average Bonchev–Trinajstić information content (AvgIpc) is 2.88. The largest absolute Gasteiger partial charge is 0.544 e. The van der Waals surface area contributed by atoms with Crippen LogP contribution in [0.3, 0.4) is 0 Å². The van der Waals surface area contributed by atoms with Crippen LogP contribution in [0.25, 0.3) is 0 Å². The first-order valence-electron chi connectivity index (χ1n) is 13.2. The van der Waals surface area contributed by atoms with E-state index in [1.807, 2.05) is 0 Å². The van der Waals surface area contributed by atoms with Gasteiger partial charge in [-0.3, -0.25) is 0 Å². The maximum absolute atomic E-state index is 6.95. The molecule has 6 atom stereocenters. The van der Waals surface area contributed by atoms with Gasteiger partial charge in [0, 0.05) is 0 Å². The van der Waals surface area contributed by atoms with Crippen molar-refractivity contribution in [1.29, 1.82) is 0 Å². The Balaban J connectivity index is 1.65. The molecule has 0 bridgehead atoms. The number of aryl methyl sites for hydroxylation is 1. The van der Waals surface area contributed by atoms with Gasteiger partial charge >= 0.3 is 0 Å². The molecule has 0 spiro atoms. The highest BCUT2D eigenvalue weighted by molar-refractivity contribution is 6.70. The second-order valence-corrected chi connectivity index (χ2v) is 27.5. The van der Waals surface area contributed by atoms with Gasteiger partial charge in [0.15, 0.2) is 16.6 Å². The van der Waals surface area contributed by atoms with Gasteiger partial charge in [-0.15, -0.1) is 0 Å². The summed E-state index contributed by atoms with van der Waals surface area (Å²) in [5.41, 5.74) is 3.37. The van der Waals surface area contributed by atoms with E-state index < -0.39 is 25.0 Å². The van der Waals surface area contributed by atoms with Crippen LogP contribution in [0, 0.1) is 17.3 Å². The minimum absolute atomic E-state index is 0.240. The Morgan fingerprint density at radius 1 is 0.848 bits per heavy atom.